The van der Waals surface area contributed by atoms with E-state index in [2.05, 4.69) is 11.1 Å². The summed E-state index contributed by atoms with van der Waals surface area (Å²) >= 11 is 0. The number of aliphatic hydroxyl groups excluding tert-OH is 1. The zero-order valence-electron chi connectivity index (χ0n) is 27.6. The molecule has 0 atom stereocenters. The van der Waals surface area contributed by atoms with Crippen LogP contribution >= 0.6 is 0 Å². The Labute approximate surface area is 295 Å². The number of halogens is 3. The van der Waals surface area contributed by atoms with Crippen molar-refractivity contribution in [3.05, 3.63) is 127 Å². The second kappa shape index (κ2) is 17.9. The van der Waals surface area contributed by atoms with Gasteiger partial charge in [0, 0.05) is 44.2 Å². The molecule has 0 bridgehead atoms. The van der Waals surface area contributed by atoms with E-state index in [0.717, 1.165) is 53.8 Å². The van der Waals surface area contributed by atoms with E-state index in [1.807, 2.05) is 107 Å². The molecule has 0 saturated heterocycles. The fourth-order valence-electron chi connectivity index (χ4n) is 5.59. The number of carbonyl (C=O) groups excluding carboxylic acids is 1. The summed E-state index contributed by atoms with van der Waals surface area (Å²) in [6, 6.07) is 33.0. The van der Waals surface area contributed by atoms with Crippen molar-refractivity contribution in [1.82, 2.24) is 4.98 Å². The van der Waals surface area contributed by atoms with E-state index < -0.39 is 11.7 Å². The Bertz CT molecular complexity index is 1790. The number of benzene rings is 4. The minimum absolute atomic E-state index is 0. The number of hydrogen-bond donors (Lipinski definition) is 1. The summed E-state index contributed by atoms with van der Waals surface area (Å²) in [5, 5.41) is 11.8. The predicted octanol–water partition coefficient (Wildman–Crippen LogP) is 11.9. The van der Waals surface area contributed by atoms with Gasteiger partial charge in [0.05, 0.1) is 11.3 Å². The number of nitrogens with zero attached hydrogens (tertiary/aromatic N) is 1. The second-order valence-corrected chi connectivity index (χ2v) is 11.5. The standard InChI is InChI=1S/C28H17F3N.C13H24O2.Ir/c29-28(30,31)26-18-32-27(24-15-12-20-8-4-5-9-23(20)16-24)17-25(26)22-13-10-21(11-14-22)19-6-2-1-3-7-19;1-5-10(6-2)12(14)9-13(15)11(7-3)8-4;/h1-14,16-18H;9-11,14H,5-8H2,1-4H3;/q-1;;/b;12-9-;. The maximum Gasteiger partial charge on any atom is 0.418 e. The van der Waals surface area contributed by atoms with E-state index in [1.165, 1.54) is 12.1 Å². The average molecular weight is 829 g/mol. The number of fused-ring (bicyclic) bond motifs is 1. The Balaban J connectivity index is 0.000000334. The summed E-state index contributed by atoms with van der Waals surface area (Å²) in [6.45, 7) is 8.07. The van der Waals surface area contributed by atoms with Crippen molar-refractivity contribution in [3.8, 4) is 33.5 Å². The summed E-state index contributed by atoms with van der Waals surface area (Å²) in [5.41, 5.74) is 2.89. The zero-order valence-corrected chi connectivity index (χ0v) is 30.0. The maximum atomic E-state index is 13.8. The molecule has 253 valence electrons. The normalized spacial score (nSPS) is 11.6. The van der Waals surface area contributed by atoms with Crippen LogP contribution in [0.1, 0.15) is 58.9 Å². The molecule has 0 aliphatic heterocycles. The van der Waals surface area contributed by atoms with Crippen LogP contribution < -0.4 is 0 Å². The maximum absolute atomic E-state index is 13.8. The van der Waals surface area contributed by atoms with Gasteiger partial charge in [-0.15, -0.1) is 29.1 Å². The number of rotatable bonds is 10. The minimum Gasteiger partial charge on any atom is -0.512 e. The van der Waals surface area contributed by atoms with Crippen LogP contribution in [0.5, 0.6) is 0 Å². The first kappa shape index (κ1) is 38.4. The summed E-state index contributed by atoms with van der Waals surface area (Å²) < 4.78 is 41.3. The molecule has 0 unspecified atom stereocenters. The van der Waals surface area contributed by atoms with Crippen LogP contribution in [0.3, 0.4) is 0 Å². The van der Waals surface area contributed by atoms with Crippen molar-refractivity contribution in [1.29, 1.82) is 0 Å². The summed E-state index contributed by atoms with van der Waals surface area (Å²) in [6.07, 6.45) is 1.31. The molecule has 1 heterocycles. The molecule has 7 heteroatoms. The Morgan fingerprint density at radius 2 is 1.31 bits per heavy atom. The van der Waals surface area contributed by atoms with Gasteiger partial charge in [-0.2, -0.15) is 13.2 Å². The number of allylic oxidation sites excluding steroid dienone is 2. The molecule has 1 N–H and O–H groups in total. The summed E-state index contributed by atoms with van der Waals surface area (Å²) in [4.78, 5) is 15.8. The molecule has 5 rings (SSSR count). The van der Waals surface area contributed by atoms with Crippen LogP contribution in [0.15, 0.2) is 115 Å². The van der Waals surface area contributed by atoms with Crippen molar-refractivity contribution < 1.29 is 43.2 Å². The van der Waals surface area contributed by atoms with Crippen LogP contribution in [0, 0.1) is 17.9 Å². The number of pyridine rings is 1. The molecule has 0 fully saturated rings. The van der Waals surface area contributed by atoms with E-state index in [0.29, 0.717) is 16.8 Å². The molecule has 48 heavy (non-hydrogen) atoms. The summed E-state index contributed by atoms with van der Waals surface area (Å²) in [7, 11) is 0. The largest absolute Gasteiger partial charge is 0.512 e. The van der Waals surface area contributed by atoms with Gasteiger partial charge in [-0.1, -0.05) is 118 Å². The van der Waals surface area contributed by atoms with Gasteiger partial charge < -0.3 is 10.1 Å². The second-order valence-electron chi connectivity index (χ2n) is 11.5. The molecular weight excluding hydrogens is 788 g/mol. The first-order chi connectivity index (χ1) is 22.6. The number of aromatic nitrogens is 1. The third kappa shape index (κ3) is 9.74. The Morgan fingerprint density at radius 1 is 0.771 bits per heavy atom. The molecule has 0 aliphatic carbocycles. The molecule has 0 amide bonds. The molecule has 5 aromatic rings. The molecule has 1 radical (unpaired) electrons. The number of ketones is 1. The third-order valence-corrected chi connectivity index (χ3v) is 8.55. The van der Waals surface area contributed by atoms with Crippen LogP contribution in [-0.2, 0) is 31.1 Å². The van der Waals surface area contributed by atoms with Crippen LogP contribution in [0.4, 0.5) is 13.2 Å². The molecule has 0 saturated carbocycles. The average Bonchev–Trinajstić information content (AvgIpc) is 3.09. The SMILES string of the molecule is CCC(CC)C(=O)/C=C(\O)C(CC)CC.FC(F)(F)c1cnc(-c2[c-]cc3ccccc3c2)cc1-c1ccc(-c2ccccc2)cc1.[Ir]. The van der Waals surface area contributed by atoms with Gasteiger partial charge in [0.2, 0.25) is 0 Å². The van der Waals surface area contributed by atoms with Crippen LogP contribution in [0.2, 0.25) is 0 Å². The molecule has 0 aliphatic rings. The van der Waals surface area contributed by atoms with Gasteiger partial charge in [-0.25, -0.2) is 0 Å². The zero-order chi connectivity index (χ0) is 34.0. The minimum atomic E-state index is -4.51. The number of alkyl halides is 3. The van der Waals surface area contributed by atoms with Gasteiger partial charge in [0.15, 0.2) is 5.78 Å². The van der Waals surface area contributed by atoms with Crippen LogP contribution in [-0.4, -0.2) is 15.9 Å². The fraction of sp³-hybridized carbons (Fsp3) is 0.268. The quantitative estimate of drug-likeness (QED) is 0.0867. The van der Waals surface area contributed by atoms with Gasteiger partial charge in [0.25, 0.3) is 0 Å². The van der Waals surface area contributed by atoms with Crippen molar-refractivity contribution in [2.45, 2.75) is 59.6 Å². The van der Waals surface area contributed by atoms with E-state index in [-0.39, 0.29) is 49.0 Å². The molecule has 3 nitrogen and oxygen atoms in total. The monoisotopic (exact) mass is 829 g/mol. The number of carbonyl (C=O) groups is 1. The van der Waals surface area contributed by atoms with E-state index in [1.54, 1.807) is 12.1 Å². The first-order valence-corrected chi connectivity index (χ1v) is 16.2. The van der Waals surface area contributed by atoms with Crippen molar-refractivity contribution >= 4 is 16.6 Å². The first-order valence-electron chi connectivity index (χ1n) is 16.2. The van der Waals surface area contributed by atoms with Gasteiger partial charge in [-0.05, 0) is 53.6 Å². The van der Waals surface area contributed by atoms with Crippen molar-refractivity contribution in [2.75, 3.05) is 0 Å². The molecule has 4 aromatic carbocycles. The van der Waals surface area contributed by atoms with Crippen molar-refractivity contribution in [2.24, 2.45) is 11.8 Å². The van der Waals surface area contributed by atoms with E-state index in [9.17, 15) is 23.1 Å². The molecule has 1 aromatic heterocycles. The topological polar surface area (TPSA) is 50.2 Å². The van der Waals surface area contributed by atoms with Gasteiger partial charge in [-0.3, -0.25) is 4.79 Å². The number of aliphatic hydroxyl groups is 1. The summed E-state index contributed by atoms with van der Waals surface area (Å²) in [5.74, 6) is 0.547. The Hall–Kier alpha value is -4.06. The Kier molecular flexibility index (Phi) is 14.3. The molecule has 0 spiro atoms. The predicted molar refractivity (Wildman–Crippen MR) is 186 cm³/mol. The fourth-order valence-corrected chi connectivity index (χ4v) is 5.59. The smallest absolute Gasteiger partial charge is 0.418 e. The van der Waals surface area contributed by atoms with Crippen molar-refractivity contribution in [3.63, 3.8) is 0 Å². The number of hydrogen-bond acceptors (Lipinski definition) is 3. The van der Waals surface area contributed by atoms with Gasteiger partial charge >= 0.3 is 6.18 Å². The Morgan fingerprint density at radius 3 is 1.90 bits per heavy atom. The van der Waals surface area contributed by atoms with Gasteiger partial charge in [0.1, 0.15) is 0 Å². The van der Waals surface area contributed by atoms with E-state index >= 15 is 0 Å². The van der Waals surface area contributed by atoms with E-state index in [4.69, 9.17) is 0 Å². The molecular formula is C41H41F3IrNO2-. The third-order valence-electron chi connectivity index (χ3n) is 8.55. The van der Waals surface area contributed by atoms with Crippen LogP contribution in [0.25, 0.3) is 44.3 Å².